The molecule has 0 bridgehead atoms. The third kappa shape index (κ3) is 8.48. The fraction of sp³-hybridized carbons (Fsp3) is 0.700. The zero-order valence-corrected chi connectivity index (χ0v) is 10.4. The monoisotopic (exact) mass is 260 g/mol. The summed E-state index contributed by atoms with van der Waals surface area (Å²) in [6, 6.07) is -0.973. The second-order valence-electron chi connectivity index (χ2n) is 3.66. The van der Waals surface area contributed by atoms with Crippen molar-refractivity contribution < 1.29 is 19.1 Å². The molecule has 0 aromatic heterocycles. The van der Waals surface area contributed by atoms with E-state index >= 15 is 0 Å². The number of primary amides is 1. The van der Waals surface area contributed by atoms with Crippen molar-refractivity contribution in [2.24, 2.45) is 11.5 Å². The summed E-state index contributed by atoms with van der Waals surface area (Å²) in [7, 11) is 1.53. The summed E-state index contributed by atoms with van der Waals surface area (Å²) >= 11 is 0. The highest BCUT2D eigenvalue weighted by atomic mass is 16.5. The molecule has 1 unspecified atom stereocenters. The van der Waals surface area contributed by atoms with Crippen LogP contribution in [0.3, 0.4) is 0 Å². The lowest BCUT2D eigenvalue weighted by molar-refractivity contribution is -0.126. The molecule has 1 atom stereocenters. The van der Waals surface area contributed by atoms with Crippen LogP contribution in [0.2, 0.25) is 0 Å². The zero-order chi connectivity index (χ0) is 14.0. The highest BCUT2D eigenvalue weighted by molar-refractivity contribution is 5.87. The fourth-order valence-electron chi connectivity index (χ4n) is 1.12. The summed E-state index contributed by atoms with van der Waals surface area (Å²) in [6.07, 6.45) is -0.0788. The summed E-state index contributed by atoms with van der Waals surface area (Å²) in [5.74, 6) is -1.34. The van der Waals surface area contributed by atoms with Gasteiger partial charge in [0.2, 0.25) is 17.7 Å². The second kappa shape index (κ2) is 9.37. The summed E-state index contributed by atoms with van der Waals surface area (Å²) in [5, 5.41) is 5.04. The maximum absolute atomic E-state index is 11.3. The van der Waals surface area contributed by atoms with Crippen molar-refractivity contribution in [1.82, 2.24) is 10.6 Å². The molecule has 0 aliphatic heterocycles. The molecule has 0 aromatic carbocycles. The van der Waals surface area contributed by atoms with E-state index in [0.29, 0.717) is 13.2 Å². The van der Waals surface area contributed by atoms with Crippen molar-refractivity contribution in [2.75, 3.05) is 26.8 Å². The second-order valence-corrected chi connectivity index (χ2v) is 3.66. The van der Waals surface area contributed by atoms with E-state index in [0.717, 1.165) is 0 Å². The molecule has 0 spiro atoms. The summed E-state index contributed by atoms with van der Waals surface area (Å²) < 4.78 is 4.76. The molecule has 0 fully saturated rings. The van der Waals surface area contributed by atoms with Crippen molar-refractivity contribution in [1.29, 1.82) is 0 Å². The Morgan fingerprint density at radius 2 is 1.89 bits per heavy atom. The number of amides is 3. The average molecular weight is 260 g/mol. The SMILES string of the molecule is COCCNC(=O)CCNC(=O)C(N)CC(N)=O. The molecular weight excluding hydrogens is 240 g/mol. The van der Waals surface area contributed by atoms with Gasteiger partial charge in [-0.25, -0.2) is 0 Å². The minimum atomic E-state index is -0.973. The Labute approximate surface area is 105 Å². The normalized spacial score (nSPS) is 11.7. The van der Waals surface area contributed by atoms with Crippen LogP contribution in [-0.4, -0.2) is 50.6 Å². The average Bonchev–Trinajstić information content (AvgIpc) is 2.28. The van der Waals surface area contributed by atoms with E-state index in [1.165, 1.54) is 7.11 Å². The van der Waals surface area contributed by atoms with Crippen LogP contribution in [0.5, 0.6) is 0 Å². The number of hydrogen-bond donors (Lipinski definition) is 4. The molecule has 104 valence electrons. The predicted octanol–water partition coefficient (Wildman–Crippen LogP) is -2.54. The summed E-state index contributed by atoms with van der Waals surface area (Å²) in [5.41, 5.74) is 10.3. The lowest BCUT2D eigenvalue weighted by atomic mass is 10.2. The summed E-state index contributed by atoms with van der Waals surface area (Å²) in [6.45, 7) is 1.01. The highest BCUT2D eigenvalue weighted by Gasteiger charge is 2.15. The van der Waals surface area contributed by atoms with Crippen LogP contribution in [0, 0.1) is 0 Å². The van der Waals surface area contributed by atoms with Crippen molar-refractivity contribution in [3.8, 4) is 0 Å². The molecule has 6 N–H and O–H groups in total. The molecule has 0 aliphatic rings. The van der Waals surface area contributed by atoms with E-state index in [1.807, 2.05) is 0 Å². The first-order chi connectivity index (χ1) is 8.47. The van der Waals surface area contributed by atoms with Crippen LogP contribution in [0.15, 0.2) is 0 Å². The Hall–Kier alpha value is -1.67. The number of carbonyl (C=O) groups is 3. The molecule has 8 nitrogen and oxygen atoms in total. The van der Waals surface area contributed by atoms with E-state index in [9.17, 15) is 14.4 Å². The largest absolute Gasteiger partial charge is 0.383 e. The molecule has 3 amide bonds. The van der Waals surface area contributed by atoms with Gasteiger partial charge >= 0.3 is 0 Å². The van der Waals surface area contributed by atoms with Crippen LogP contribution in [0.1, 0.15) is 12.8 Å². The van der Waals surface area contributed by atoms with Gasteiger partial charge in [0.15, 0.2) is 0 Å². The first kappa shape index (κ1) is 16.3. The quantitative estimate of drug-likeness (QED) is 0.338. The first-order valence-corrected chi connectivity index (χ1v) is 5.54. The van der Waals surface area contributed by atoms with E-state index in [-0.39, 0.29) is 25.3 Å². The lowest BCUT2D eigenvalue weighted by Gasteiger charge is -2.10. The molecule has 0 radical (unpaired) electrons. The number of rotatable bonds is 9. The number of methoxy groups -OCH3 is 1. The number of hydrogen-bond acceptors (Lipinski definition) is 5. The van der Waals surface area contributed by atoms with Crippen LogP contribution in [0.4, 0.5) is 0 Å². The molecule has 0 aromatic rings. The van der Waals surface area contributed by atoms with Gasteiger partial charge in [-0.15, -0.1) is 0 Å². The van der Waals surface area contributed by atoms with Crippen LogP contribution < -0.4 is 22.1 Å². The minimum Gasteiger partial charge on any atom is -0.383 e. The molecule has 0 heterocycles. The van der Waals surface area contributed by atoms with Crippen LogP contribution in [0.25, 0.3) is 0 Å². The van der Waals surface area contributed by atoms with Gasteiger partial charge in [-0.05, 0) is 0 Å². The molecule has 0 aliphatic carbocycles. The van der Waals surface area contributed by atoms with Gasteiger partial charge < -0.3 is 26.8 Å². The van der Waals surface area contributed by atoms with E-state index in [1.54, 1.807) is 0 Å². The number of carbonyl (C=O) groups excluding carboxylic acids is 3. The first-order valence-electron chi connectivity index (χ1n) is 5.54. The Kier molecular flexibility index (Phi) is 8.50. The van der Waals surface area contributed by atoms with Gasteiger partial charge in [0.25, 0.3) is 0 Å². The fourth-order valence-corrected chi connectivity index (χ4v) is 1.12. The van der Waals surface area contributed by atoms with Crippen molar-refractivity contribution in [3.63, 3.8) is 0 Å². The molecule has 0 saturated heterocycles. The molecular formula is C10H20N4O4. The van der Waals surface area contributed by atoms with Gasteiger partial charge in [-0.2, -0.15) is 0 Å². The van der Waals surface area contributed by atoms with Crippen LogP contribution >= 0.6 is 0 Å². The lowest BCUT2D eigenvalue weighted by Crippen LogP contribution is -2.44. The molecule has 0 saturated carbocycles. The number of nitrogens with two attached hydrogens (primary N) is 2. The number of nitrogens with one attached hydrogen (secondary N) is 2. The Bertz CT molecular complexity index is 296. The summed E-state index contributed by atoms with van der Waals surface area (Å²) in [4.78, 5) is 33.1. The standard InChI is InChI=1S/C10H20N4O4/c1-18-5-4-13-9(16)2-3-14-10(17)7(11)6-8(12)15/h7H,2-6,11H2,1H3,(H2,12,15)(H,13,16)(H,14,17). The topological polar surface area (TPSA) is 137 Å². The molecule has 18 heavy (non-hydrogen) atoms. The van der Waals surface area contributed by atoms with E-state index < -0.39 is 17.9 Å². The smallest absolute Gasteiger partial charge is 0.237 e. The van der Waals surface area contributed by atoms with Crippen molar-refractivity contribution >= 4 is 17.7 Å². The van der Waals surface area contributed by atoms with Gasteiger partial charge in [-0.3, -0.25) is 14.4 Å². The van der Waals surface area contributed by atoms with E-state index in [4.69, 9.17) is 16.2 Å². The maximum Gasteiger partial charge on any atom is 0.237 e. The van der Waals surface area contributed by atoms with Gasteiger partial charge in [0.05, 0.1) is 19.1 Å². The molecule has 0 rings (SSSR count). The minimum absolute atomic E-state index is 0.138. The highest BCUT2D eigenvalue weighted by Crippen LogP contribution is 1.87. The molecule has 8 heteroatoms. The number of ether oxygens (including phenoxy) is 1. The Morgan fingerprint density at radius 1 is 1.22 bits per heavy atom. The predicted molar refractivity (Wildman–Crippen MR) is 64.3 cm³/mol. The Balaban J connectivity index is 3.67. The third-order valence-corrected chi connectivity index (χ3v) is 2.04. The maximum atomic E-state index is 11.3. The zero-order valence-electron chi connectivity index (χ0n) is 10.4. The van der Waals surface area contributed by atoms with Gasteiger partial charge in [0.1, 0.15) is 0 Å². The van der Waals surface area contributed by atoms with E-state index in [2.05, 4.69) is 10.6 Å². The third-order valence-electron chi connectivity index (χ3n) is 2.04. The van der Waals surface area contributed by atoms with Gasteiger partial charge in [0, 0.05) is 26.6 Å². The van der Waals surface area contributed by atoms with Gasteiger partial charge in [-0.1, -0.05) is 0 Å². The van der Waals surface area contributed by atoms with Crippen molar-refractivity contribution in [3.05, 3.63) is 0 Å². The van der Waals surface area contributed by atoms with Crippen LogP contribution in [-0.2, 0) is 19.1 Å². The van der Waals surface area contributed by atoms with Crippen molar-refractivity contribution in [2.45, 2.75) is 18.9 Å². The Morgan fingerprint density at radius 3 is 2.44 bits per heavy atom.